The standard InChI is InChI=1S/C30H31N3O9/c1-32(2)18-11-15(12-5-7-13(8-6-12)29(40)41)23(34)20-16(18)9-14-10-17-22(33(3)4)25(36)21(28(31)39)27(38)30(17,42)26(37)19(14)24(20)35/h5-8,11,14,17,22,34-35,38,42H,9-10H2,1-4H3,(H2,31,39)(H,40,41)/t14-,17-,22+,30-/m0/s1. The van der Waals surface area contributed by atoms with Crippen LogP contribution in [0.3, 0.4) is 0 Å². The number of likely N-dealkylation sites (N-methyl/N-ethyl adjacent to an activating group) is 1. The number of aliphatic hydroxyl groups is 3. The molecule has 3 aliphatic carbocycles. The molecule has 0 heterocycles. The number of nitrogens with two attached hydrogens (primary N) is 1. The van der Waals surface area contributed by atoms with Crippen molar-refractivity contribution in [1.82, 2.24) is 4.90 Å². The number of aromatic hydroxyl groups is 1. The largest absolute Gasteiger partial charge is 0.508 e. The molecule has 2 aromatic rings. The van der Waals surface area contributed by atoms with Crippen molar-refractivity contribution in [3.8, 4) is 16.9 Å². The van der Waals surface area contributed by atoms with Crippen LogP contribution in [0.4, 0.5) is 5.69 Å². The lowest BCUT2D eigenvalue weighted by Gasteiger charge is -2.50. The first-order chi connectivity index (χ1) is 19.6. The van der Waals surface area contributed by atoms with E-state index in [-0.39, 0.29) is 40.9 Å². The average molecular weight is 578 g/mol. The third-order valence-electron chi connectivity index (χ3n) is 8.62. The number of rotatable bonds is 5. The van der Waals surface area contributed by atoms with E-state index in [9.17, 15) is 44.7 Å². The van der Waals surface area contributed by atoms with E-state index < -0.39 is 64.0 Å². The lowest BCUT2D eigenvalue weighted by Crippen LogP contribution is -2.65. The number of aliphatic hydroxyl groups excluding tert-OH is 2. The number of hydrogen-bond donors (Lipinski definition) is 6. The molecule has 7 N–H and O–H groups in total. The van der Waals surface area contributed by atoms with Crippen molar-refractivity contribution >= 4 is 34.9 Å². The van der Waals surface area contributed by atoms with Crippen molar-refractivity contribution in [2.75, 3.05) is 33.1 Å². The summed E-state index contributed by atoms with van der Waals surface area (Å²) in [4.78, 5) is 54.0. The molecule has 12 heteroatoms. The van der Waals surface area contributed by atoms with Crippen molar-refractivity contribution in [1.29, 1.82) is 0 Å². The number of phenols is 1. The molecule has 2 aromatic carbocycles. The van der Waals surface area contributed by atoms with Gasteiger partial charge in [-0.1, -0.05) is 12.1 Å². The molecule has 42 heavy (non-hydrogen) atoms. The zero-order valence-corrected chi connectivity index (χ0v) is 23.4. The second-order valence-electron chi connectivity index (χ2n) is 11.4. The van der Waals surface area contributed by atoms with E-state index in [1.165, 1.54) is 29.2 Å². The minimum absolute atomic E-state index is 0.0161. The van der Waals surface area contributed by atoms with E-state index in [2.05, 4.69) is 0 Å². The third kappa shape index (κ3) is 3.90. The van der Waals surface area contributed by atoms with E-state index in [4.69, 9.17) is 5.73 Å². The Morgan fingerprint density at radius 1 is 1.02 bits per heavy atom. The third-order valence-corrected chi connectivity index (χ3v) is 8.62. The Labute approximate surface area is 240 Å². The number of fused-ring (bicyclic) bond motifs is 3. The van der Waals surface area contributed by atoms with Gasteiger partial charge in [0.2, 0.25) is 5.78 Å². The number of amides is 1. The van der Waals surface area contributed by atoms with Crippen LogP contribution in [0, 0.1) is 11.8 Å². The molecule has 0 aromatic heterocycles. The van der Waals surface area contributed by atoms with Gasteiger partial charge in [0.1, 0.15) is 22.8 Å². The number of carboxylic acid groups (broad SMARTS) is 1. The number of nitrogens with zero attached hydrogens (tertiary/aromatic N) is 2. The SMILES string of the molecule is CN(C)c1cc(-c2ccc(C(=O)O)cc2)c(O)c2c1C[C@H]1C[C@H]3[C@@H](N(C)C)C(=O)C(C(N)=O)=C(O)[C@@]3(O)C(=O)C1=C2O. The maximum Gasteiger partial charge on any atom is 0.335 e. The average Bonchev–Trinajstić information content (AvgIpc) is 2.90. The molecule has 0 bridgehead atoms. The van der Waals surface area contributed by atoms with Crippen LogP contribution in [0.2, 0.25) is 0 Å². The number of carbonyl (C=O) groups excluding carboxylic acids is 3. The van der Waals surface area contributed by atoms with Crippen LogP contribution in [-0.4, -0.2) is 93.7 Å². The van der Waals surface area contributed by atoms with Crippen LogP contribution in [-0.2, 0) is 20.8 Å². The topological polar surface area (TPSA) is 202 Å². The normalized spacial score (nSPS) is 25.2. The number of phenolic OH excluding ortho intramolecular Hbond substituents is 1. The molecule has 12 nitrogen and oxygen atoms in total. The molecule has 3 aliphatic rings. The molecule has 0 radical (unpaired) electrons. The highest BCUT2D eigenvalue weighted by atomic mass is 16.4. The van der Waals surface area contributed by atoms with Crippen LogP contribution in [0.1, 0.15) is 27.9 Å². The van der Waals surface area contributed by atoms with Gasteiger partial charge in [0, 0.05) is 36.8 Å². The first-order valence-electron chi connectivity index (χ1n) is 13.2. The fourth-order valence-electron chi connectivity index (χ4n) is 6.70. The fraction of sp³-hybridized carbons (Fsp3) is 0.333. The van der Waals surface area contributed by atoms with E-state index >= 15 is 0 Å². The summed E-state index contributed by atoms with van der Waals surface area (Å²) in [5.74, 6) is -8.32. The summed E-state index contributed by atoms with van der Waals surface area (Å²) >= 11 is 0. The maximum absolute atomic E-state index is 14.1. The van der Waals surface area contributed by atoms with E-state index in [1.807, 2.05) is 0 Å². The van der Waals surface area contributed by atoms with Gasteiger partial charge in [-0.3, -0.25) is 19.3 Å². The van der Waals surface area contributed by atoms with Crippen LogP contribution in [0.15, 0.2) is 47.2 Å². The number of hydrogen-bond acceptors (Lipinski definition) is 10. The van der Waals surface area contributed by atoms with E-state index in [0.29, 0.717) is 16.8 Å². The summed E-state index contributed by atoms with van der Waals surface area (Å²) in [7, 11) is 6.61. The van der Waals surface area contributed by atoms with Gasteiger partial charge in [-0.2, -0.15) is 0 Å². The number of Topliss-reactive ketones (excluding diaryl/α,β-unsaturated/α-hetero) is 2. The molecule has 0 unspecified atom stereocenters. The fourth-order valence-corrected chi connectivity index (χ4v) is 6.70. The van der Waals surface area contributed by atoms with Gasteiger partial charge in [0.05, 0.1) is 17.2 Å². The van der Waals surface area contributed by atoms with Crippen molar-refractivity contribution in [2.24, 2.45) is 17.6 Å². The molecule has 220 valence electrons. The zero-order chi connectivity index (χ0) is 31.0. The molecule has 1 amide bonds. The molecule has 1 saturated carbocycles. The predicted molar refractivity (Wildman–Crippen MR) is 151 cm³/mol. The molecule has 0 spiro atoms. The number of primary amides is 1. The van der Waals surface area contributed by atoms with Gasteiger partial charge < -0.3 is 36.2 Å². The number of carbonyl (C=O) groups is 4. The minimum atomic E-state index is -2.73. The number of carboxylic acids is 1. The lowest BCUT2D eigenvalue weighted by molar-refractivity contribution is -0.153. The summed E-state index contributed by atoms with van der Waals surface area (Å²) in [6, 6.07) is 6.29. The second kappa shape index (κ2) is 9.71. The maximum atomic E-state index is 14.1. The first-order valence-corrected chi connectivity index (χ1v) is 13.2. The number of anilines is 1. The summed E-state index contributed by atoms with van der Waals surface area (Å²) in [5, 5.41) is 55.1. The highest BCUT2D eigenvalue weighted by Crippen LogP contribution is 2.54. The summed E-state index contributed by atoms with van der Waals surface area (Å²) in [5.41, 5.74) is 3.36. The quantitative estimate of drug-likeness (QED) is 0.280. The van der Waals surface area contributed by atoms with E-state index in [1.54, 1.807) is 39.2 Å². The molecule has 4 atom stereocenters. The van der Waals surface area contributed by atoms with Crippen LogP contribution in [0.5, 0.6) is 5.75 Å². The van der Waals surface area contributed by atoms with Gasteiger partial charge in [0.25, 0.3) is 5.91 Å². The minimum Gasteiger partial charge on any atom is -0.508 e. The first kappa shape index (κ1) is 28.8. The molecule has 5 rings (SSSR count). The van der Waals surface area contributed by atoms with Crippen molar-refractivity contribution in [3.63, 3.8) is 0 Å². The predicted octanol–water partition coefficient (Wildman–Crippen LogP) is 1.40. The summed E-state index contributed by atoms with van der Waals surface area (Å²) in [6.45, 7) is 0. The van der Waals surface area contributed by atoms with Gasteiger partial charge >= 0.3 is 5.97 Å². The molecular formula is C30H31N3O9. The Balaban J connectivity index is 1.75. The van der Waals surface area contributed by atoms with Crippen molar-refractivity contribution in [3.05, 3.63) is 63.9 Å². The number of benzene rings is 2. The molecule has 0 aliphatic heterocycles. The smallest absolute Gasteiger partial charge is 0.335 e. The Morgan fingerprint density at radius 2 is 1.64 bits per heavy atom. The lowest BCUT2D eigenvalue weighted by atomic mass is 9.57. The number of aromatic carboxylic acids is 1. The Kier molecular flexibility index (Phi) is 6.66. The highest BCUT2D eigenvalue weighted by Gasteiger charge is 2.64. The van der Waals surface area contributed by atoms with Gasteiger partial charge in [-0.25, -0.2) is 4.79 Å². The van der Waals surface area contributed by atoms with Gasteiger partial charge in [-0.05, 0) is 62.2 Å². The van der Waals surface area contributed by atoms with Crippen LogP contribution in [0.25, 0.3) is 16.9 Å². The van der Waals surface area contributed by atoms with Gasteiger partial charge in [-0.15, -0.1) is 0 Å². The Hall–Kier alpha value is -4.68. The molecule has 0 saturated heterocycles. The zero-order valence-electron chi connectivity index (χ0n) is 23.4. The molecular weight excluding hydrogens is 546 g/mol. The Morgan fingerprint density at radius 3 is 2.17 bits per heavy atom. The van der Waals surface area contributed by atoms with Gasteiger partial charge in [0.15, 0.2) is 11.4 Å². The van der Waals surface area contributed by atoms with Crippen molar-refractivity contribution in [2.45, 2.75) is 24.5 Å². The summed E-state index contributed by atoms with van der Waals surface area (Å²) in [6.07, 6.45) is 0.131. The number of ketones is 2. The van der Waals surface area contributed by atoms with Crippen molar-refractivity contribution < 1.29 is 44.7 Å². The summed E-state index contributed by atoms with van der Waals surface area (Å²) < 4.78 is 0. The highest BCUT2D eigenvalue weighted by molar-refractivity contribution is 6.24. The second-order valence-corrected chi connectivity index (χ2v) is 11.4. The molecule has 1 fully saturated rings. The Bertz CT molecular complexity index is 1640. The van der Waals surface area contributed by atoms with Crippen LogP contribution >= 0.6 is 0 Å². The monoisotopic (exact) mass is 577 g/mol. The van der Waals surface area contributed by atoms with E-state index in [0.717, 1.165) is 0 Å². The van der Waals surface area contributed by atoms with Crippen LogP contribution < -0.4 is 10.6 Å².